The molecule has 1 fully saturated rings. The molecule has 2 rings (SSSR count). The number of carboxylic acid groups (broad SMARTS) is 1. The number of carboxylic acids is 1. The Kier molecular flexibility index (Phi) is 4.74. The molecule has 2 atom stereocenters. The minimum atomic E-state index is -1.10. The van der Waals surface area contributed by atoms with E-state index in [1.165, 1.54) is 11.8 Å². The smallest absolute Gasteiger partial charge is 0.319 e. The van der Waals surface area contributed by atoms with Gasteiger partial charge >= 0.3 is 12.0 Å². The van der Waals surface area contributed by atoms with E-state index in [0.717, 1.165) is 4.90 Å². The third-order valence-corrected chi connectivity index (χ3v) is 4.40. The van der Waals surface area contributed by atoms with Crippen molar-refractivity contribution in [2.45, 2.75) is 17.9 Å². The largest absolute Gasteiger partial charge is 0.481 e. The molecule has 21 heavy (non-hydrogen) atoms. The summed E-state index contributed by atoms with van der Waals surface area (Å²) in [7, 11) is 0. The zero-order chi connectivity index (χ0) is 15.5. The van der Waals surface area contributed by atoms with Crippen LogP contribution in [0.4, 0.5) is 10.5 Å². The Balaban J connectivity index is 2.03. The van der Waals surface area contributed by atoms with Gasteiger partial charge in [0.25, 0.3) is 0 Å². The zero-order valence-electron chi connectivity index (χ0n) is 11.9. The van der Waals surface area contributed by atoms with E-state index in [9.17, 15) is 14.7 Å². The molecule has 2 unspecified atom stereocenters. The van der Waals surface area contributed by atoms with E-state index in [-0.39, 0.29) is 13.2 Å². The van der Waals surface area contributed by atoms with Crippen molar-refractivity contribution in [2.24, 2.45) is 5.41 Å². The number of hydrogen-bond acceptors (Lipinski definition) is 4. The van der Waals surface area contributed by atoms with Crippen LogP contribution in [0.3, 0.4) is 0 Å². The van der Waals surface area contributed by atoms with Crippen LogP contribution in [-0.2, 0) is 9.53 Å². The number of hydrogen-bond donors (Lipinski definition) is 3. The van der Waals surface area contributed by atoms with Crippen molar-refractivity contribution in [1.82, 2.24) is 5.32 Å². The van der Waals surface area contributed by atoms with Gasteiger partial charge in [0.15, 0.2) is 0 Å². The molecule has 0 radical (unpaired) electrons. The summed E-state index contributed by atoms with van der Waals surface area (Å²) in [4.78, 5) is 24.3. The van der Waals surface area contributed by atoms with Gasteiger partial charge in [0, 0.05) is 4.90 Å². The molecule has 2 amide bonds. The van der Waals surface area contributed by atoms with Crippen LogP contribution >= 0.6 is 11.8 Å². The van der Waals surface area contributed by atoms with Crippen molar-refractivity contribution in [3.63, 3.8) is 0 Å². The van der Waals surface area contributed by atoms with Gasteiger partial charge in [0.1, 0.15) is 5.41 Å². The van der Waals surface area contributed by atoms with E-state index >= 15 is 0 Å². The van der Waals surface area contributed by atoms with Gasteiger partial charge in [-0.3, -0.25) is 4.79 Å². The lowest BCUT2D eigenvalue weighted by molar-refractivity contribution is -0.148. The Hall–Kier alpha value is -1.73. The van der Waals surface area contributed by atoms with Crippen LogP contribution in [0.5, 0.6) is 0 Å². The molecule has 0 bridgehead atoms. The summed E-state index contributed by atoms with van der Waals surface area (Å²) < 4.78 is 5.20. The molecule has 0 saturated carbocycles. The van der Waals surface area contributed by atoms with Crippen molar-refractivity contribution in [1.29, 1.82) is 0 Å². The molecule has 0 aliphatic carbocycles. The molecule has 3 N–H and O–H groups in total. The molecule has 6 nitrogen and oxygen atoms in total. The van der Waals surface area contributed by atoms with Crippen molar-refractivity contribution < 1.29 is 19.4 Å². The number of rotatable bonds is 4. The van der Waals surface area contributed by atoms with Crippen LogP contribution in [0.1, 0.15) is 6.92 Å². The van der Waals surface area contributed by atoms with Gasteiger partial charge in [-0.1, -0.05) is 12.1 Å². The number of aliphatic carboxylic acids is 1. The van der Waals surface area contributed by atoms with Gasteiger partial charge in [0.05, 0.1) is 24.9 Å². The first-order valence-corrected chi connectivity index (χ1v) is 7.71. The topological polar surface area (TPSA) is 87.7 Å². The lowest BCUT2D eigenvalue weighted by Crippen LogP contribution is -2.50. The summed E-state index contributed by atoms with van der Waals surface area (Å²) in [5, 5.41) is 14.7. The summed E-state index contributed by atoms with van der Waals surface area (Å²) in [5.74, 6) is -0.977. The Morgan fingerprint density at radius 2 is 2.14 bits per heavy atom. The fourth-order valence-electron chi connectivity index (χ4n) is 2.15. The zero-order valence-corrected chi connectivity index (χ0v) is 12.7. The van der Waals surface area contributed by atoms with E-state index in [1.54, 1.807) is 13.0 Å². The Morgan fingerprint density at radius 3 is 2.81 bits per heavy atom. The van der Waals surface area contributed by atoms with E-state index in [1.807, 2.05) is 24.5 Å². The molecule has 1 saturated heterocycles. The number of thioether (sulfide) groups is 1. The number of nitrogens with one attached hydrogen (secondary N) is 2. The van der Waals surface area contributed by atoms with Gasteiger partial charge in [-0.15, -0.1) is 11.8 Å². The van der Waals surface area contributed by atoms with Gasteiger partial charge in [-0.25, -0.2) is 4.79 Å². The molecule has 1 heterocycles. The summed E-state index contributed by atoms with van der Waals surface area (Å²) in [5.41, 5.74) is -0.408. The molecular formula is C14H18N2O4S. The monoisotopic (exact) mass is 310 g/mol. The maximum Gasteiger partial charge on any atom is 0.319 e. The molecule has 7 heteroatoms. The lowest BCUT2D eigenvalue weighted by Gasteiger charge is -2.25. The number of carbonyl (C=O) groups excluding carboxylic acids is 1. The summed E-state index contributed by atoms with van der Waals surface area (Å²) in [6.45, 7) is 1.86. The molecule has 0 aromatic heterocycles. The number of urea groups is 1. The number of para-hydroxylation sites is 1. The fraction of sp³-hybridized carbons (Fsp3) is 0.429. The Morgan fingerprint density at radius 1 is 1.43 bits per heavy atom. The number of ether oxygens (including phenoxy) is 1. The van der Waals surface area contributed by atoms with Crippen LogP contribution in [0.25, 0.3) is 0 Å². The maximum atomic E-state index is 12.1. The minimum Gasteiger partial charge on any atom is -0.481 e. The average molecular weight is 310 g/mol. The van der Waals surface area contributed by atoms with Gasteiger partial charge in [-0.2, -0.15) is 0 Å². The van der Waals surface area contributed by atoms with Gasteiger partial charge in [0.2, 0.25) is 0 Å². The minimum absolute atomic E-state index is 0.0919. The third kappa shape index (κ3) is 3.30. The first-order chi connectivity index (χ1) is 9.97. The normalized spacial score (nSPS) is 24.6. The second-order valence-corrected chi connectivity index (χ2v) is 5.94. The van der Waals surface area contributed by atoms with E-state index in [4.69, 9.17) is 4.74 Å². The van der Waals surface area contributed by atoms with Crippen molar-refractivity contribution in [2.75, 3.05) is 24.8 Å². The fourth-order valence-corrected chi connectivity index (χ4v) is 2.70. The van der Waals surface area contributed by atoms with E-state index < -0.39 is 23.5 Å². The number of benzene rings is 1. The quantitative estimate of drug-likeness (QED) is 0.741. The Bertz CT molecular complexity index is 552. The van der Waals surface area contributed by atoms with Crippen LogP contribution in [0.2, 0.25) is 0 Å². The van der Waals surface area contributed by atoms with Crippen molar-refractivity contribution >= 4 is 29.4 Å². The average Bonchev–Trinajstić information content (AvgIpc) is 2.82. The third-order valence-electron chi connectivity index (χ3n) is 3.60. The predicted octanol–water partition coefficient (Wildman–Crippen LogP) is 2.02. The molecule has 0 spiro atoms. The molecule has 1 aliphatic rings. The standard InChI is InChI=1S/C14H18N2O4S/c1-14(12(17)18)8-20-7-11(14)16-13(19)15-9-5-3-4-6-10(9)21-2/h3-6,11H,7-8H2,1-2H3,(H,17,18)(H2,15,16,19). The molecule has 114 valence electrons. The second kappa shape index (κ2) is 6.36. The van der Waals surface area contributed by atoms with Crippen LogP contribution < -0.4 is 10.6 Å². The van der Waals surface area contributed by atoms with E-state index in [2.05, 4.69) is 10.6 Å². The van der Waals surface area contributed by atoms with Crippen LogP contribution in [0, 0.1) is 5.41 Å². The maximum absolute atomic E-state index is 12.1. The summed E-state index contributed by atoms with van der Waals surface area (Å²) in [6.07, 6.45) is 1.92. The predicted molar refractivity (Wildman–Crippen MR) is 80.7 cm³/mol. The van der Waals surface area contributed by atoms with Gasteiger partial charge < -0.3 is 20.5 Å². The number of anilines is 1. The summed E-state index contributed by atoms with van der Waals surface area (Å²) in [6, 6.07) is 6.43. The summed E-state index contributed by atoms with van der Waals surface area (Å²) >= 11 is 1.52. The number of carbonyl (C=O) groups is 2. The molecule has 1 aromatic rings. The van der Waals surface area contributed by atoms with E-state index in [0.29, 0.717) is 5.69 Å². The highest BCUT2D eigenvalue weighted by molar-refractivity contribution is 7.98. The number of amides is 2. The van der Waals surface area contributed by atoms with Crippen LogP contribution in [0.15, 0.2) is 29.2 Å². The van der Waals surface area contributed by atoms with Gasteiger partial charge in [-0.05, 0) is 25.3 Å². The molecule has 1 aromatic carbocycles. The second-order valence-electron chi connectivity index (χ2n) is 5.09. The first-order valence-electron chi connectivity index (χ1n) is 6.49. The SMILES string of the molecule is CSc1ccccc1NC(=O)NC1COCC1(C)C(=O)O. The Labute approximate surface area is 127 Å². The van der Waals surface area contributed by atoms with Crippen LogP contribution in [-0.4, -0.2) is 42.6 Å². The highest BCUT2D eigenvalue weighted by Crippen LogP contribution is 2.29. The highest BCUT2D eigenvalue weighted by atomic mass is 32.2. The van der Waals surface area contributed by atoms with Crippen molar-refractivity contribution in [3.05, 3.63) is 24.3 Å². The lowest BCUT2D eigenvalue weighted by atomic mass is 9.85. The van der Waals surface area contributed by atoms with Crippen molar-refractivity contribution in [3.8, 4) is 0 Å². The highest BCUT2D eigenvalue weighted by Gasteiger charge is 2.47. The molecule has 1 aliphatic heterocycles. The molecular weight excluding hydrogens is 292 g/mol. The first kappa shape index (κ1) is 15.7.